The Bertz CT molecular complexity index is 518. The van der Waals surface area contributed by atoms with Crippen molar-refractivity contribution in [3.8, 4) is 0 Å². The number of para-hydroxylation sites is 1. The second kappa shape index (κ2) is 5.92. The molecule has 2 atom stereocenters. The number of aliphatic carboxylic acids is 1. The van der Waals surface area contributed by atoms with Gasteiger partial charge in [0, 0.05) is 25.1 Å². The van der Waals surface area contributed by atoms with Crippen molar-refractivity contribution in [2.75, 3.05) is 12.3 Å². The minimum atomic E-state index is -1.07. The highest BCUT2D eigenvalue weighted by Crippen LogP contribution is 2.20. The Morgan fingerprint density at radius 2 is 2.05 bits per heavy atom. The first-order valence-corrected chi connectivity index (χ1v) is 6.52. The van der Waals surface area contributed by atoms with E-state index in [-0.39, 0.29) is 25.3 Å². The number of hydrogen-bond acceptors (Lipinski definition) is 4. The SMILES string of the molecule is Nc1ccccc1CCC(=O)N1C[C@@H](O)C[C@H]1C(=O)O. The van der Waals surface area contributed by atoms with Crippen LogP contribution in [0.25, 0.3) is 0 Å². The lowest BCUT2D eigenvalue weighted by Gasteiger charge is -2.21. The van der Waals surface area contributed by atoms with Crippen molar-refractivity contribution in [1.82, 2.24) is 4.90 Å². The van der Waals surface area contributed by atoms with Crippen molar-refractivity contribution in [1.29, 1.82) is 0 Å². The molecule has 108 valence electrons. The predicted octanol–water partition coefficient (Wildman–Crippen LogP) is 0.248. The molecule has 4 N–H and O–H groups in total. The predicted molar refractivity (Wildman–Crippen MR) is 72.9 cm³/mol. The van der Waals surface area contributed by atoms with Crippen molar-refractivity contribution in [3.05, 3.63) is 29.8 Å². The fourth-order valence-electron chi connectivity index (χ4n) is 2.47. The number of carboxylic acid groups (broad SMARTS) is 1. The number of carbonyl (C=O) groups excluding carboxylic acids is 1. The summed E-state index contributed by atoms with van der Waals surface area (Å²) in [5.74, 6) is -1.34. The molecule has 1 saturated heterocycles. The van der Waals surface area contributed by atoms with Crippen LogP contribution in [0.2, 0.25) is 0 Å². The summed E-state index contributed by atoms with van der Waals surface area (Å²) in [5, 5.41) is 18.6. The summed E-state index contributed by atoms with van der Waals surface area (Å²) in [7, 11) is 0. The van der Waals surface area contributed by atoms with E-state index in [1.165, 1.54) is 4.90 Å². The normalized spacial score (nSPS) is 21.9. The lowest BCUT2D eigenvalue weighted by molar-refractivity contribution is -0.148. The highest BCUT2D eigenvalue weighted by atomic mass is 16.4. The van der Waals surface area contributed by atoms with Gasteiger partial charge in [0.25, 0.3) is 0 Å². The van der Waals surface area contributed by atoms with Crippen LogP contribution in [0.4, 0.5) is 5.69 Å². The first-order valence-electron chi connectivity index (χ1n) is 6.52. The van der Waals surface area contributed by atoms with Gasteiger partial charge in [-0.25, -0.2) is 4.79 Å². The molecule has 1 heterocycles. The van der Waals surface area contributed by atoms with Gasteiger partial charge in [0.1, 0.15) is 6.04 Å². The van der Waals surface area contributed by atoms with Gasteiger partial charge in [-0.2, -0.15) is 0 Å². The molecule has 0 aromatic heterocycles. The number of benzene rings is 1. The van der Waals surface area contributed by atoms with E-state index < -0.39 is 18.1 Å². The van der Waals surface area contributed by atoms with E-state index >= 15 is 0 Å². The molecular weight excluding hydrogens is 260 g/mol. The summed E-state index contributed by atoms with van der Waals surface area (Å²) in [6.45, 7) is 0.0834. The Morgan fingerprint density at radius 1 is 1.35 bits per heavy atom. The molecule has 0 unspecified atom stereocenters. The number of aryl methyl sites for hydroxylation is 1. The molecule has 0 aliphatic carbocycles. The number of likely N-dealkylation sites (tertiary alicyclic amines) is 1. The van der Waals surface area contributed by atoms with Gasteiger partial charge in [0.15, 0.2) is 0 Å². The zero-order valence-electron chi connectivity index (χ0n) is 11.0. The summed E-state index contributed by atoms with van der Waals surface area (Å²) in [4.78, 5) is 24.4. The Morgan fingerprint density at radius 3 is 2.70 bits per heavy atom. The van der Waals surface area contributed by atoms with Crippen molar-refractivity contribution >= 4 is 17.6 Å². The molecule has 1 amide bonds. The number of hydrogen-bond donors (Lipinski definition) is 3. The largest absolute Gasteiger partial charge is 0.480 e. The van der Waals surface area contributed by atoms with Gasteiger partial charge in [-0.15, -0.1) is 0 Å². The molecule has 1 aromatic rings. The minimum absolute atomic E-state index is 0.0834. The first-order chi connectivity index (χ1) is 9.49. The molecule has 6 nitrogen and oxygen atoms in total. The number of carbonyl (C=O) groups is 2. The molecule has 1 aromatic carbocycles. The minimum Gasteiger partial charge on any atom is -0.480 e. The third-order valence-electron chi connectivity index (χ3n) is 3.55. The molecule has 1 aliphatic heterocycles. The van der Waals surface area contributed by atoms with Crippen LogP contribution in [-0.2, 0) is 16.0 Å². The van der Waals surface area contributed by atoms with Crippen LogP contribution in [0.1, 0.15) is 18.4 Å². The molecule has 0 radical (unpaired) electrons. The lowest BCUT2D eigenvalue weighted by atomic mass is 10.1. The fraction of sp³-hybridized carbons (Fsp3) is 0.429. The van der Waals surface area contributed by atoms with E-state index in [1.807, 2.05) is 18.2 Å². The Kier molecular flexibility index (Phi) is 4.24. The van der Waals surface area contributed by atoms with Crippen LogP contribution in [0.5, 0.6) is 0 Å². The molecule has 0 spiro atoms. The van der Waals surface area contributed by atoms with Crippen LogP contribution >= 0.6 is 0 Å². The molecule has 0 bridgehead atoms. The standard InChI is InChI=1S/C14H18N2O4/c15-11-4-2-1-3-9(11)5-6-13(18)16-8-10(17)7-12(16)14(19)20/h1-4,10,12,17H,5-8,15H2,(H,19,20)/t10-,12-/m0/s1. The van der Waals surface area contributed by atoms with Crippen molar-refractivity contribution in [2.45, 2.75) is 31.4 Å². The molecule has 2 rings (SSSR count). The summed E-state index contributed by atoms with van der Waals surface area (Å²) < 4.78 is 0. The monoisotopic (exact) mass is 278 g/mol. The zero-order valence-corrected chi connectivity index (χ0v) is 11.0. The number of rotatable bonds is 4. The van der Waals surface area contributed by atoms with E-state index in [2.05, 4.69) is 0 Å². The maximum atomic E-state index is 12.1. The number of amides is 1. The fourth-order valence-corrected chi connectivity index (χ4v) is 2.47. The summed E-state index contributed by atoms with van der Waals surface area (Å²) in [6, 6.07) is 6.34. The number of nitrogens with zero attached hydrogens (tertiary/aromatic N) is 1. The van der Waals surface area contributed by atoms with Gasteiger partial charge in [-0.05, 0) is 18.1 Å². The molecular formula is C14H18N2O4. The van der Waals surface area contributed by atoms with Gasteiger partial charge < -0.3 is 20.8 Å². The van der Waals surface area contributed by atoms with Crippen LogP contribution in [0.15, 0.2) is 24.3 Å². The molecule has 1 aliphatic rings. The van der Waals surface area contributed by atoms with Crippen LogP contribution in [0, 0.1) is 0 Å². The Hall–Kier alpha value is -2.08. The summed E-state index contributed by atoms with van der Waals surface area (Å²) >= 11 is 0. The topological polar surface area (TPSA) is 104 Å². The van der Waals surface area contributed by atoms with Crippen LogP contribution < -0.4 is 5.73 Å². The van der Waals surface area contributed by atoms with Gasteiger partial charge in [-0.3, -0.25) is 4.79 Å². The second-order valence-electron chi connectivity index (χ2n) is 4.99. The molecule has 6 heteroatoms. The highest BCUT2D eigenvalue weighted by Gasteiger charge is 2.38. The van der Waals surface area contributed by atoms with Crippen molar-refractivity contribution in [2.24, 2.45) is 0 Å². The number of aliphatic hydroxyl groups excluding tert-OH is 1. The number of β-amino-alcohol motifs (C(OH)–C–C–N with tert-alkyl or cyclic N) is 1. The third kappa shape index (κ3) is 3.08. The Balaban J connectivity index is 1.98. The van der Waals surface area contributed by atoms with Gasteiger partial charge in [-0.1, -0.05) is 18.2 Å². The van der Waals surface area contributed by atoms with Gasteiger partial charge in [0.05, 0.1) is 6.10 Å². The van der Waals surface area contributed by atoms with Crippen molar-refractivity contribution < 1.29 is 19.8 Å². The zero-order chi connectivity index (χ0) is 14.7. The first kappa shape index (κ1) is 14.3. The molecule has 1 fully saturated rings. The maximum absolute atomic E-state index is 12.1. The maximum Gasteiger partial charge on any atom is 0.326 e. The van der Waals surface area contributed by atoms with E-state index in [0.29, 0.717) is 12.1 Å². The lowest BCUT2D eigenvalue weighted by Crippen LogP contribution is -2.40. The molecule has 20 heavy (non-hydrogen) atoms. The van der Waals surface area contributed by atoms with E-state index in [1.54, 1.807) is 6.07 Å². The highest BCUT2D eigenvalue weighted by molar-refractivity contribution is 5.84. The van der Waals surface area contributed by atoms with Crippen LogP contribution in [0.3, 0.4) is 0 Å². The van der Waals surface area contributed by atoms with E-state index in [0.717, 1.165) is 5.56 Å². The van der Waals surface area contributed by atoms with E-state index in [9.17, 15) is 14.7 Å². The number of aliphatic hydroxyl groups is 1. The second-order valence-corrected chi connectivity index (χ2v) is 4.99. The van der Waals surface area contributed by atoms with Gasteiger partial charge >= 0.3 is 5.97 Å². The van der Waals surface area contributed by atoms with Gasteiger partial charge in [0.2, 0.25) is 5.91 Å². The number of nitrogen functional groups attached to an aromatic ring is 1. The Labute approximate surface area is 116 Å². The number of carboxylic acids is 1. The van der Waals surface area contributed by atoms with Crippen LogP contribution in [-0.4, -0.2) is 45.7 Å². The number of anilines is 1. The average molecular weight is 278 g/mol. The summed E-state index contributed by atoms with van der Waals surface area (Å²) in [6.07, 6.45) is -0.0224. The molecule has 0 saturated carbocycles. The third-order valence-corrected chi connectivity index (χ3v) is 3.55. The van der Waals surface area contributed by atoms with E-state index in [4.69, 9.17) is 10.8 Å². The number of nitrogens with two attached hydrogens (primary N) is 1. The summed E-state index contributed by atoms with van der Waals surface area (Å²) in [5.41, 5.74) is 7.29. The quantitative estimate of drug-likeness (QED) is 0.685. The average Bonchev–Trinajstić information content (AvgIpc) is 2.80. The smallest absolute Gasteiger partial charge is 0.326 e. The van der Waals surface area contributed by atoms with Crippen molar-refractivity contribution in [3.63, 3.8) is 0 Å².